The summed E-state index contributed by atoms with van der Waals surface area (Å²) in [6.45, 7) is 1.11. The topological polar surface area (TPSA) is 48.0 Å². The van der Waals surface area contributed by atoms with Crippen LogP contribution in [0, 0.1) is 0 Å². The van der Waals surface area contributed by atoms with E-state index >= 15 is 0 Å². The van der Waals surface area contributed by atoms with Crippen LogP contribution >= 0.6 is 35.6 Å². The van der Waals surface area contributed by atoms with Gasteiger partial charge in [-0.2, -0.15) is 0 Å². The van der Waals surface area contributed by atoms with Crippen molar-refractivity contribution in [3.63, 3.8) is 0 Å². The van der Waals surface area contributed by atoms with Gasteiger partial charge in [0.25, 0.3) is 5.91 Å². The second-order valence-electron chi connectivity index (χ2n) is 7.31. The third-order valence-corrected chi connectivity index (χ3v) is 6.60. The zero-order valence-corrected chi connectivity index (χ0v) is 20.8. The fourth-order valence-corrected chi connectivity index (χ4v) is 4.72. The largest absolute Gasteiger partial charge is 0.497 e. The molecule has 0 unspecified atom stereocenters. The number of carbonyl (C=O) groups excluding carboxylic acids is 1. The summed E-state index contributed by atoms with van der Waals surface area (Å²) in [5.74, 6) is 1.97. The summed E-state index contributed by atoms with van der Waals surface area (Å²) < 4.78 is 17.3. The van der Waals surface area contributed by atoms with Crippen molar-refractivity contribution in [1.82, 2.24) is 4.90 Å². The van der Waals surface area contributed by atoms with E-state index in [2.05, 4.69) is 0 Å². The predicted octanol–water partition coefficient (Wildman–Crippen LogP) is 6.21. The molecule has 1 aliphatic heterocycles. The Labute approximate surface area is 213 Å². The summed E-state index contributed by atoms with van der Waals surface area (Å²) in [4.78, 5) is 15.2. The molecule has 0 N–H and O–H groups in total. The van der Waals surface area contributed by atoms with Gasteiger partial charge in [0.15, 0.2) is 0 Å². The Kier molecular flexibility index (Phi) is 8.11. The number of thiocarbonyl (C=S) groups is 1. The number of benzene rings is 3. The third-order valence-electron chi connectivity index (χ3n) is 4.98. The highest BCUT2D eigenvalue weighted by molar-refractivity contribution is 8.26. The molecule has 0 saturated carbocycles. The van der Waals surface area contributed by atoms with Gasteiger partial charge in [-0.05, 0) is 54.1 Å². The second-order valence-corrected chi connectivity index (χ2v) is 9.42. The predicted molar refractivity (Wildman–Crippen MR) is 141 cm³/mol. The lowest BCUT2D eigenvalue weighted by molar-refractivity contribution is -0.122. The van der Waals surface area contributed by atoms with Crippen LogP contribution in [0.1, 0.15) is 11.1 Å². The van der Waals surface area contributed by atoms with E-state index in [1.54, 1.807) is 36.3 Å². The van der Waals surface area contributed by atoms with Crippen LogP contribution in [-0.4, -0.2) is 35.5 Å². The first-order valence-electron chi connectivity index (χ1n) is 10.5. The summed E-state index contributed by atoms with van der Waals surface area (Å²) in [5.41, 5.74) is 1.72. The Morgan fingerprint density at radius 3 is 2.41 bits per heavy atom. The number of thioether (sulfide) groups is 1. The van der Waals surface area contributed by atoms with Crippen molar-refractivity contribution in [3.8, 4) is 17.2 Å². The van der Waals surface area contributed by atoms with Crippen molar-refractivity contribution < 1.29 is 19.0 Å². The van der Waals surface area contributed by atoms with Gasteiger partial charge in [0.1, 0.15) is 34.8 Å². The van der Waals surface area contributed by atoms with Gasteiger partial charge in [-0.15, -0.1) is 0 Å². The fraction of sp³-hybridized carbons (Fsp3) is 0.154. The lowest BCUT2D eigenvalue weighted by atomic mass is 10.1. The molecule has 3 aromatic rings. The van der Waals surface area contributed by atoms with Gasteiger partial charge in [0.2, 0.25) is 0 Å². The number of hydrogen-bond donors (Lipinski definition) is 0. The molecule has 5 nitrogen and oxygen atoms in total. The van der Waals surface area contributed by atoms with Crippen LogP contribution in [0.4, 0.5) is 0 Å². The number of carbonyl (C=O) groups is 1. The molecule has 3 aromatic carbocycles. The molecule has 1 amide bonds. The van der Waals surface area contributed by atoms with Crippen LogP contribution in [0.15, 0.2) is 77.7 Å². The molecule has 1 heterocycles. The van der Waals surface area contributed by atoms with Crippen molar-refractivity contribution in [2.45, 2.75) is 6.54 Å². The molecule has 1 fully saturated rings. The van der Waals surface area contributed by atoms with Crippen LogP contribution < -0.4 is 14.2 Å². The van der Waals surface area contributed by atoms with Crippen molar-refractivity contribution in [2.75, 3.05) is 20.3 Å². The van der Waals surface area contributed by atoms with E-state index in [-0.39, 0.29) is 5.91 Å². The van der Waals surface area contributed by atoms with Gasteiger partial charge in [0.05, 0.1) is 18.6 Å². The number of methoxy groups -OCH3 is 1. The minimum absolute atomic E-state index is 0.132. The number of hydrogen-bond acceptors (Lipinski definition) is 6. The van der Waals surface area contributed by atoms with Crippen LogP contribution in [0.2, 0.25) is 5.02 Å². The van der Waals surface area contributed by atoms with Crippen LogP contribution in [0.5, 0.6) is 17.2 Å². The molecule has 0 aromatic heterocycles. The van der Waals surface area contributed by atoms with Gasteiger partial charge < -0.3 is 14.2 Å². The van der Waals surface area contributed by atoms with E-state index in [1.165, 1.54) is 11.8 Å². The summed E-state index contributed by atoms with van der Waals surface area (Å²) in [6.07, 6.45) is 1.77. The van der Waals surface area contributed by atoms with Crippen molar-refractivity contribution >= 4 is 51.9 Å². The van der Waals surface area contributed by atoms with Gasteiger partial charge >= 0.3 is 0 Å². The molecule has 0 radical (unpaired) electrons. The summed E-state index contributed by atoms with van der Waals surface area (Å²) in [7, 11) is 1.62. The SMILES string of the molecule is COc1ccc(OCCOc2ccc(Cl)cc2C=C2SC(=S)N(Cc3ccccc3)C2=O)cc1. The summed E-state index contributed by atoms with van der Waals surface area (Å²) in [5, 5.41) is 0.549. The van der Waals surface area contributed by atoms with Crippen molar-refractivity contribution in [2.24, 2.45) is 0 Å². The van der Waals surface area contributed by atoms with Gasteiger partial charge in [-0.25, -0.2) is 0 Å². The van der Waals surface area contributed by atoms with Gasteiger partial charge in [-0.1, -0.05) is 65.9 Å². The first kappa shape index (κ1) is 24.1. The minimum Gasteiger partial charge on any atom is -0.497 e. The lowest BCUT2D eigenvalue weighted by Gasteiger charge is -2.14. The number of amides is 1. The maximum atomic E-state index is 13.0. The molecule has 174 valence electrons. The molecule has 1 saturated heterocycles. The quantitative estimate of drug-likeness (QED) is 0.193. The molecule has 8 heteroatoms. The van der Waals surface area contributed by atoms with Gasteiger partial charge in [0, 0.05) is 10.6 Å². The number of halogens is 1. The molecule has 0 aliphatic carbocycles. The molecule has 0 atom stereocenters. The van der Waals surface area contributed by atoms with E-state index < -0.39 is 0 Å². The van der Waals surface area contributed by atoms with E-state index in [0.29, 0.717) is 45.3 Å². The normalized spacial score (nSPS) is 14.5. The maximum Gasteiger partial charge on any atom is 0.266 e. The summed E-state index contributed by atoms with van der Waals surface area (Å²) >= 11 is 13.0. The highest BCUT2D eigenvalue weighted by Crippen LogP contribution is 2.36. The van der Waals surface area contributed by atoms with E-state index in [9.17, 15) is 4.79 Å². The van der Waals surface area contributed by atoms with E-state index in [1.807, 2.05) is 54.6 Å². The number of ether oxygens (including phenoxy) is 3. The third kappa shape index (κ3) is 6.11. The molecule has 0 bridgehead atoms. The minimum atomic E-state index is -0.132. The first-order valence-corrected chi connectivity index (χ1v) is 12.1. The molecular formula is C26H22ClNO4S2. The highest BCUT2D eigenvalue weighted by atomic mass is 35.5. The van der Waals surface area contributed by atoms with E-state index in [0.717, 1.165) is 17.1 Å². The maximum absolute atomic E-state index is 13.0. The van der Waals surface area contributed by atoms with Crippen LogP contribution in [0.3, 0.4) is 0 Å². The Balaban J connectivity index is 1.42. The second kappa shape index (κ2) is 11.4. The Morgan fingerprint density at radius 2 is 1.68 bits per heavy atom. The molecule has 4 rings (SSSR count). The molecule has 0 spiro atoms. The number of nitrogens with zero attached hydrogens (tertiary/aromatic N) is 1. The van der Waals surface area contributed by atoms with Crippen LogP contribution in [0.25, 0.3) is 6.08 Å². The molecule has 34 heavy (non-hydrogen) atoms. The average molecular weight is 512 g/mol. The lowest BCUT2D eigenvalue weighted by Crippen LogP contribution is -2.27. The Bertz CT molecular complexity index is 1200. The highest BCUT2D eigenvalue weighted by Gasteiger charge is 2.32. The van der Waals surface area contributed by atoms with E-state index in [4.69, 9.17) is 38.0 Å². The zero-order valence-electron chi connectivity index (χ0n) is 18.4. The fourth-order valence-electron chi connectivity index (χ4n) is 3.29. The smallest absolute Gasteiger partial charge is 0.266 e. The zero-order chi connectivity index (χ0) is 23.9. The number of rotatable bonds is 9. The Morgan fingerprint density at radius 1 is 0.971 bits per heavy atom. The van der Waals surface area contributed by atoms with Gasteiger partial charge in [-0.3, -0.25) is 9.69 Å². The first-order chi connectivity index (χ1) is 16.5. The molecular weight excluding hydrogens is 490 g/mol. The van der Waals surface area contributed by atoms with Crippen LogP contribution in [-0.2, 0) is 11.3 Å². The van der Waals surface area contributed by atoms with Crippen molar-refractivity contribution in [3.05, 3.63) is 93.9 Å². The standard InChI is InChI=1S/C26H22ClNO4S2/c1-30-21-8-10-22(11-9-21)31-13-14-32-23-12-7-20(27)15-19(23)16-24-25(29)28(26(33)34-24)17-18-5-3-2-4-6-18/h2-12,15-16H,13-14,17H2,1H3. The summed E-state index contributed by atoms with van der Waals surface area (Å²) in [6, 6.07) is 22.4. The Hall–Kier alpha value is -3.00. The average Bonchev–Trinajstić information content (AvgIpc) is 3.11. The van der Waals surface area contributed by atoms with Crippen molar-refractivity contribution in [1.29, 1.82) is 0 Å². The monoisotopic (exact) mass is 511 g/mol. The molecule has 1 aliphatic rings.